The zero-order chi connectivity index (χ0) is 23.8. The summed E-state index contributed by atoms with van der Waals surface area (Å²) in [5, 5.41) is 21.0. The van der Waals surface area contributed by atoms with Gasteiger partial charge in [-0.3, -0.25) is 0 Å². The molecule has 3 N–H and O–H groups in total. The van der Waals surface area contributed by atoms with E-state index in [4.69, 9.17) is 0 Å². The molecule has 1 aromatic heterocycles. The van der Waals surface area contributed by atoms with Crippen molar-refractivity contribution in [3.05, 3.63) is 29.1 Å². The summed E-state index contributed by atoms with van der Waals surface area (Å²) >= 11 is 0. The van der Waals surface area contributed by atoms with Crippen molar-refractivity contribution in [3.63, 3.8) is 0 Å². The fraction of sp³-hybridized carbons (Fsp3) is 0.667. The van der Waals surface area contributed by atoms with Gasteiger partial charge in [0, 0.05) is 41.0 Å². The summed E-state index contributed by atoms with van der Waals surface area (Å²) in [6.07, 6.45) is 3.22. The highest BCUT2D eigenvalue weighted by molar-refractivity contribution is 5.84. The molecule has 33 heavy (non-hydrogen) atoms. The summed E-state index contributed by atoms with van der Waals surface area (Å²) < 4.78 is 40.2. The molecule has 0 amide bonds. The molecule has 4 rings (SSSR count). The number of hydrogen-bond donors (Lipinski definition) is 3. The smallest absolute Gasteiger partial charge is 0.391 e. The van der Waals surface area contributed by atoms with Gasteiger partial charge in [0.25, 0.3) is 0 Å². The molecule has 0 radical (unpaired) electrons. The topological polar surface area (TPSA) is 73.9 Å². The molecule has 2 fully saturated rings. The number of aliphatic hydroxyl groups excluding tert-OH is 1. The fourth-order valence-electron chi connectivity index (χ4n) is 5.48. The van der Waals surface area contributed by atoms with Gasteiger partial charge in [0.2, 0.25) is 5.96 Å². The highest BCUT2D eigenvalue weighted by atomic mass is 19.4. The van der Waals surface area contributed by atoms with Gasteiger partial charge in [-0.15, -0.1) is 5.10 Å². The molecule has 0 aromatic carbocycles. The number of fused-ring (bicyclic) bond motifs is 2. The normalized spacial score (nSPS) is 29.0. The molecule has 3 atom stereocenters. The minimum absolute atomic E-state index is 0.0773. The fourth-order valence-corrected chi connectivity index (χ4v) is 5.48. The number of aliphatic hydroxyl groups is 1. The van der Waals surface area contributed by atoms with E-state index in [1.54, 1.807) is 0 Å². The van der Waals surface area contributed by atoms with Gasteiger partial charge in [-0.2, -0.15) is 13.2 Å². The largest absolute Gasteiger partial charge is 0.393 e. The van der Waals surface area contributed by atoms with Gasteiger partial charge in [-0.25, -0.2) is 9.67 Å². The Morgan fingerprint density at radius 1 is 1.27 bits per heavy atom. The predicted molar refractivity (Wildman–Crippen MR) is 125 cm³/mol. The van der Waals surface area contributed by atoms with E-state index in [2.05, 4.69) is 39.6 Å². The monoisotopic (exact) mass is 465 g/mol. The van der Waals surface area contributed by atoms with E-state index in [0.29, 0.717) is 12.1 Å². The van der Waals surface area contributed by atoms with Crippen LogP contribution in [0.5, 0.6) is 0 Å². The molecule has 0 unspecified atom stereocenters. The van der Waals surface area contributed by atoms with E-state index in [1.807, 2.05) is 11.6 Å². The lowest BCUT2D eigenvalue weighted by Gasteiger charge is -2.26. The maximum absolute atomic E-state index is 12.8. The van der Waals surface area contributed by atoms with Gasteiger partial charge in [0.05, 0.1) is 12.5 Å². The predicted octanol–water partition coefficient (Wildman–Crippen LogP) is 4.47. The Labute approximate surface area is 193 Å². The van der Waals surface area contributed by atoms with Crippen molar-refractivity contribution >= 4 is 18.3 Å². The van der Waals surface area contributed by atoms with Crippen LogP contribution < -0.4 is 10.6 Å². The van der Waals surface area contributed by atoms with Crippen LogP contribution in [0.25, 0.3) is 5.57 Å². The van der Waals surface area contributed by atoms with E-state index in [0.717, 1.165) is 55.5 Å². The summed E-state index contributed by atoms with van der Waals surface area (Å²) in [6, 6.07) is 2.21. The molecular formula is C24H34F3N5O. The molecule has 3 aliphatic rings. The molecule has 2 aliphatic heterocycles. The van der Waals surface area contributed by atoms with E-state index in [9.17, 15) is 18.3 Å². The molecule has 0 spiro atoms. The number of hydrogen-bond acceptors (Lipinski definition) is 3. The number of halogens is 3. The molecule has 1 aromatic rings. The van der Waals surface area contributed by atoms with Gasteiger partial charge < -0.3 is 15.7 Å². The Balaban J connectivity index is 1.68. The van der Waals surface area contributed by atoms with Crippen LogP contribution in [0, 0.1) is 6.92 Å². The second-order valence-corrected chi connectivity index (χ2v) is 9.78. The SMILES string of the molecule is C=N/C(=N\n1c(C)c(C2=C[C@@H]3CC[C@H](C2)N3)cc1[C@H]1CC[C@H](O)CC1)N[C@@H](C)CC(F)(F)F. The lowest BCUT2D eigenvalue weighted by Crippen LogP contribution is -2.35. The first-order chi connectivity index (χ1) is 15.6. The average molecular weight is 466 g/mol. The number of aliphatic imine (C=N–C) groups is 1. The van der Waals surface area contributed by atoms with E-state index in [1.165, 1.54) is 18.9 Å². The molecule has 6 nitrogen and oxygen atoms in total. The zero-order valence-electron chi connectivity index (χ0n) is 19.3. The Morgan fingerprint density at radius 3 is 2.64 bits per heavy atom. The van der Waals surface area contributed by atoms with Crippen molar-refractivity contribution in [1.29, 1.82) is 0 Å². The van der Waals surface area contributed by atoms with Gasteiger partial charge >= 0.3 is 6.18 Å². The van der Waals surface area contributed by atoms with Crippen LogP contribution in [0.15, 0.2) is 22.2 Å². The standard InChI is InChI=1S/C24H34F3N5O/c1-14(13-24(25,26)27)29-23(28-3)31-32-15(2)21(17-10-18-6-7-19(11-17)30-18)12-22(32)16-4-8-20(33)9-5-16/h10,12,14,16,18-20,30,33H,3-9,11,13H2,1-2H3,(H,29,31)/t14-,16-,18-,19+,20-/m0/s1. The Morgan fingerprint density at radius 2 is 2.00 bits per heavy atom. The van der Waals surface area contributed by atoms with Gasteiger partial charge in [0.1, 0.15) is 0 Å². The van der Waals surface area contributed by atoms with Crippen LogP contribution in [0.1, 0.15) is 81.2 Å². The van der Waals surface area contributed by atoms with Crippen LogP contribution in [-0.4, -0.2) is 52.9 Å². The minimum Gasteiger partial charge on any atom is -0.393 e. The summed E-state index contributed by atoms with van der Waals surface area (Å²) in [5.41, 5.74) is 4.42. The first-order valence-electron chi connectivity index (χ1n) is 11.9. The second-order valence-electron chi connectivity index (χ2n) is 9.78. The molecule has 1 aliphatic carbocycles. The van der Waals surface area contributed by atoms with Crippen LogP contribution in [0.4, 0.5) is 13.2 Å². The van der Waals surface area contributed by atoms with Crippen molar-refractivity contribution in [2.45, 2.75) is 102 Å². The highest BCUT2D eigenvalue weighted by Gasteiger charge is 2.32. The van der Waals surface area contributed by atoms with Crippen molar-refractivity contribution < 1.29 is 18.3 Å². The van der Waals surface area contributed by atoms with Crippen molar-refractivity contribution in [2.24, 2.45) is 10.1 Å². The molecular weight excluding hydrogens is 431 g/mol. The summed E-state index contributed by atoms with van der Waals surface area (Å²) in [5.74, 6) is 0.302. The zero-order valence-corrected chi connectivity index (χ0v) is 19.3. The molecule has 182 valence electrons. The third-order valence-corrected chi connectivity index (χ3v) is 7.11. The number of nitrogens with one attached hydrogen (secondary N) is 2. The molecule has 3 heterocycles. The van der Waals surface area contributed by atoms with E-state index in [-0.39, 0.29) is 18.0 Å². The van der Waals surface area contributed by atoms with Gasteiger partial charge in [0.15, 0.2) is 0 Å². The summed E-state index contributed by atoms with van der Waals surface area (Å²) in [7, 11) is 0. The second kappa shape index (κ2) is 9.62. The van der Waals surface area contributed by atoms with Crippen LogP contribution >= 0.6 is 0 Å². The number of alkyl halides is 3. The maximum Gasteiger partial charge on any atom is 0.391 e. The van der Waals surface area contributed by atoms with Crippen LogP contribution in [0.3, 0.4) is 0 Å². The quantitative estimate of drug-likeness (QED) is 0.444. The van der Waals surface area contributed by atoms with E-state index < -0.39 is 18.6 Å². The van der Waals surface area contributed by atoms with Crippen LogP contribution in [0.2, 0.25) is 0 Å². The Kier molecular flexibility index (Phi) is 7.00. The number of rotatable bonds is 5. The highest BCUT2D eigenvalue weighted by Crippen LogP contribution is 2.39. The summed E-state index contributed by atoms with van der Waals surface area (Å²) in [6.45, 7) is 6.99. The number of aromatic nitrogens is 1. The molecule has 1 saturated heterocycles. The van der Waals surface area contributed by atoms with Crippen molar-refractivity contribution in [1.82, 2.24) is 15.3 Å². The number of nitrogens with zero attached hydrogens (tertiary/aromatic N) is 3. The molecule has 2 bridgehead atoms. The minimum atomic E-state index is -4.27. The number of guanidine groups is 1. The molecule has 9 heteroatoms. The third kappa shape index (κ3) is 5.69. The van der Waals surface area contributed by atoms with Crippen molar-refractivity contribution in [2.75, 3.05) is 0 Å². The molecule has 1 saturated carbocycles. The maximum atomic E-state index is 12.8. The first kappa shape index (κ1) is 24.0. The summed E-state index contributed by atoms with van der Waals surface area (Å²) in [4.78, 5) is 3.88. The lowest BCUT2D eigenvalue weighted by molar-refractivity contribution is -0.138. The Bertz CT molecular complexity index is 927. The Hall–Kier alpha value is -2.13. The van der Waals surface area contributed by atoms with Crippen LogP contribution in [-0.2, 0) is 0 Å². The van der Waals surface area contributed by atoms with Crippen molar-refractivity contribution in [3.8, 4) is 0 Å². The van der Waals surface area contributed by atoms with E-state index >= 15 is 0 Å². The first-order valence-corrected chi connectivity index (χ1v) is 11.9. The third-order valence-electron chi connectivity index (χ3n) is 7.11. The van der Waals surface area contributed by atoms with Gasteiger partial charge in [-0.05, 0) is 77.2 Å². The lowest BCUT2D eigenvalue weighted by atomic mass is 9.85. The average Bonchev–Trinajstić information content (AvgIpc) is 3.25. The van der Waals surface area contributed by atoms with Gasteiger partial charge in [-0.1, -0.05) is 6.08 Å².